The average Bonchev–Trinajstić information content (AvgIpc) is 2.26. The normalized spacial score (nSPS) is 24.5. The highest BCUT2D eigenvalue weighted by atomic mass is 16.7. The zero-order chi connectivity index (χ0) is 12.0. The topological polar surface area (TPSA) is 52.6 Å². The number of allylic oxidation sites excluding steroid dienone is 2. The fourth-order valence-corrected chi connectivity index (χ4v) is 2.01. The Kier molecular flexibility index (Phi) is 4.52. The molecule has 1 aliphatic rings. The molecule has 1 rings (SSSR count). The minimum Gasteiger partial charge on any atom is -0.437 e. The van der Waals surface area contributed by atoms with E-state index in [1.165, 1.54) is 7.11 Å². The van der Waals surface area contributed by atoms with Crippen LogP contribution in [0.25, 0.3) is 0 Å². The summed E-state index contributed by atoms with van der Waals surface area (Å²) in [5.74, 6) is 0.659. The van der Waals surface area contributed by atoms with E-state index < -0.39 is 6.16 Å². The molecular formula is C12H18O4. The van der Waals surface area contributed by atoms with Gasteiger partial charge in [-0.1, -0.05) is 6.92 Å². The van der Waals surface area contributed by atoms with Gasteiger partial charge in [-0.05, 0) is 30.8 Å². The van der Waals surface area contributed by atoms with E-state index in [4.69, 9.17) is 4.74 Å². The Balaban J connectivity index is 2.63. The molecule has 0 saturated heterocycles. The van der Waals surface area contributed by atoms with Crippen LogP contribution in [0.5, 0.6) is 0 Å². The molecule has 0 unspecified atom stereocenters. The summed E-state index contributed by atoms with van der Waals surface area (Å²) in [7, 11) is 1.29. The number of hydrogen-bond acceptors (Lipinski definition) is 4. The van der Waals surface area contributed by atoms with Crippen molar-refractivity contribution in [3.8, 4) is 0 Å². The predicted molar refractivity (Wildman–Crippen MR) is 58.8 cm³/mol. The second-order valence-electron chi connectivity index (χ2n) is 4.38. The Morgan fingerprint density at radius 3 is 3.00 bits per heavy atom. The molecule has 90 valence electrons. The molecule has 0 aliphatic heterocycles. The van der Waals surface area contributed by atoms with Gasteiger partial charge in [0.15, 0.2) is 0 Å². The third-order valence-corrected chi connectivity index (χ3v) is 2.89. The first-order valence-corrected chi connectivity index (χ1v) is 5.51. The number of ether oxygens (including phenoxy) is 2. The molecule has 0 bridgehead atoms. The first-order valence-electron chi connectivity index (χ1n) is 5.51. The Bertz CT molecular complexity index is 295. The Labute approximate surface area is 95.6 Å². The zero-order valence-corrected chi connectivity index (χ0v) is 9.82. The lowest BCUT2D eigenvalue weighted by Gasteiger charge is -2.30. The van der Waals surface area contributed by atoms with Crippen molar-refractivity contribution in [2.75, 3.05) is 7.11 Å². The molecule has 4 heteroatoms. The molecule has 1 aliphatic carbocycles. The van der Waals surface area contributed by atoms with E-state index in [1.807, 2.05) is 6.08 Å². The Morgan fingerprint density at radius 2 is 2.38 bits per heavy atom. The van der Waals surface area contributed by atoms with Crippen LogP contribution in [0.1, 0.15) is 39.0 Å². The van der Waals surface area contributed by atoms with Gasteiger partial charge in [0, 0.05) is 12.8 Å². The van der Waals surface area contributed by atoms with E-state index in [1.54, 1.807) is 0 Å². The van der Waals surface area contributed by atoms with E-state index in [-0.39, 0.29) is 5.41 Å². The van der Waals surface area contributed by atoms with E-state index in [0.717, 1.165) is 32.0 Å². The number of carbonyl (C=O) groups excluding carboxylic acids is 2. The molecule has 0 amide bonds. The molecule has 0 aromatic rings. The third kappa shape index (κ3) is 3.68. The maximum atomic E-state index is 11.0. The molecular weight excluding hydrogens is 208 g/mol. The molecule has 16 heavy (non-hydrogen) atoms. The minimum absolute atomic E-state index is 0.0392. The number of hydrogen-bond donors (Lipinski definition) is 0. The van der Waals surface area contributed by atoms with Gasteiger partial charge >= 0.3 is 6.16 Å². The summed E-state index contributed by atoms with van der Waals surface area (Å²) in [6.07, 6.45) is 6.29. The summed E-state index contributed by atoms with van der Waals surface area (Å²) >= 11 is 0. The summed E-state index contributed by atoms with van der Waals surface area (Å²) in [5, 5.41) is 0. The zero-order valence-electron chi connectivity index (χ0n) is 9.82. The van der Waals surface area contributed by atoms with Gasteiger partial charge in [0.1, 0.15) is 12.0 Å². The van der Waals surface area contributed by atoms with Crippen molar-refractivity contribution < 1.29 is 19.1 Å². The highest BCUT2D eigenvalue weighted by molar-refractivity contribution is 5.61. The minimum atomic E-state index is -0.675. The smallest absolute Gasteiger partial charge is 0.437 e. The van der Waals surface area contributed by atoms with Crippen molar-refractivity contribution in [2.24, 2.45) is 5.41 Å². The monoisotopic (exact) mass is 226 g/mol. The van der Waals surface area contributed by atoms with Gasteiger partial charge in [0.05, 0.1) is 7.11 Å². The Morgan fingerprint density at radius 1 is 1.62 bits per heavy atom. The highest BCUT2D eigenvalue weighted by Crippen LogP contribution is 2.37. The molecule has 0 fully saturated rings. The molecule has 0 radical (unpaired) electrons. The van der Waals surface area contributed by atoms with Crippen molar-refractivity contribution in [3.63, 3.8) is 0 Å². The summed E-state index contributed by atoms with van der Waals surface area (Å²) < 4.78 is 9.47. The van der Waals surface area contributed by atoms with Crippen LogP contribution in [0.15, 0.2) is 11.8 Å². The quantitative estimate of drug-likeness (QED) is 0.546. The second-order valence-corrected chi connectivity index (χ2v) is 4.38. The van der Waals surface area contributed by atoms with Gasteiger partial charge in [0.25, 0.3) is 0 Å². The van der Waals surface area contributed by atoms with Gasteiger partial charge in [-0.2, -0.15) is 0 Å². The maximum absolute atomic E-state index is 11.0. The van der Waals surface area contributed by atoms with E-state index in [2.05, 4.69) is 11.7 Å². The SMILES string of the molecule is COC(=O)OC1=C[C@@](C)(CCC=O)CCC1. The number of methoxy groups -OCH3 is 1. The number of carbonyl (C=O) groups is 2. The molecule has 0 heterocycles. The van der Waals surface area contributed by atoms with Crippen molar-refractivity contribution in [1.29, 1.82) is 0 Å². The molecule has 0 N–H and O–H groups in total. The molecule has 0 aromatic heterocycles. The third-order valence-electron chi connectivity index (χ3n) is 2.89. The summed E-state index contributed by atoms with van der Waals surface area (Å²) in [6.45, 7) is 2.08. The Hall–Kier alpha value is -1.32. The van der Waals surface area contributed by atoms with Crippen LogP contribution < -0.4 is 0 Å². The summed E-state index contributed by atoms with van der Waals surface area (Å²) in [5.41, 5.74) is -0.0392. The van der Waals surface area contributed by atoms with Crippen LogP contribution in [0.2, 0.25) is 0 Å². The van der Waals surface area contributed by atoms with Crippen molar-refractivity contribution in [1.82, 2.24) is 0 Å². The van der Waals surface area contributed by atoms with E-state index in [9.17, 15) is 9.59 Å². The van der Waals surface area contributed by atoms with Gasteiger partial charge in [-0.15, -0.1) is 0 Å². The number of aldehydes is 1. The average molecular weight is 226 g/mol. The standard InChI is InChI=1S/C12H18O4/c1-12(7-4-8-13)6-3-5-10(9-12)16-11(14)15-2/h8-9H,3-7H2,1-2H3/t12-/m1/s1. The fraction of sp³-hybridized carbons (Fsp3) is 0.667. The van der Waals surface area contributed by atoms with Gasteiger partial charge < -0.3 is 14.3 Å². The largest absolute Gasteiger partial charge is 0.513 e. The fourth-order valence-electron chi connectivity index (χ4n) is 2.01. The van der Waals surface area contributed by atoms with Gasteiger partial charge in [-0.25, -0.2) is 4.79 Å². The van der Waals surface area contributed by atoms with Crippen LogP contribution >= 0.6 is 0 Å². The molecule has 4 nitrogen and oxygen atoms in total. The first kappa shape index (κ1) is 12.7. The number of rotatable bonds is 4. The van der Waals surface area contributed by atoms with E-state index >= 15 is 0 Å². The van der Waals surface area contributed by atoms with Crippen molar-refractivity contribution in [3.05, 3.63) is 11.8 Å². The van der Waals surface area contributed by atoms with Crippen LogP contribution in [-0.4, -0.2) is 19.6 Å². The lowest BCUT2D eigenvalue weighted by molar-refractivity contribution is -0.108. The van der Waals surface area contributed by atoms with Gasteiger partial charge in [0.2, 0.25) is 0 Å². The lowest BCUT2D eigenvalue weighted by atomic mass is 9.77. The first-order chi connectivity index (χ1) is 7.59. The predicted octanol–water partition coefficient (Wildman–Crippen LogP) is 2.82. The van der Waals surface area contributed by atoms with Crippen LogP contribution in [0.4, 0.5) is 4.79 Å². The summed E-state index contributed by atoms with van der Waals surface area (Å²) in [4.78, 5) is 21.3. The lowest BCUT2D eigenvalue weighted by Crippen LogP contribution is -2.20. The maximum Gasteiger partial charge on any atom is 0.513 e. The van der Waals surface area contributed by atoms with Crippen molar-refractivity contribution in [2.45, 2.75) is 39.0 Å². The highest BCUT2D eigenvalue weighted by Gasteiger charge is 2.27. The van der Waals surface area contributed by atoms with Crippen LogP contribution in [-0.2, 0) is 14.3 Å². The molecule has 1 atom stereocenters. The summed E-state index contributed by atoms with van der Waals surface area (Å²) in [6, 6.07) is 0. The van der Waals surface area contributed by atoms with Gasteiger partial charge in [-0.3, -0.25) is 0 Å². The molecule has 0 spiro atoms. The molecule has 0 saturated carbocycles. The van der Waals surface area contributed by atoms with E-state index in [0.29, 0.717) is 12.2 Å². The van der Waals surface area contributed by atoms with Crippen LogP contribution in [0.3, 0.4) is 0 Å². The molecule has 0 aromatic carbocycles. The second kappa shape index (κ2) is 5.68. The van der Waals surface area contributed by atoms with Crippen LogP contribution in [0, 0.1) is 5.41 Å². The van der Waals surface area contributed by atoms with Crippen molar-refractivity contribution >= 4 is 12.4 Å².